The third-order valence-electron chi connectivity index (χ3n) is 7.38. The van der Waals surface area contributed by atoms with Crippen molar-refractivity contribution >= 4 is 5.91 Å². The number of amides is 1. The first-order chi connectivity index (χ1) is 12.2. The maximum Gasteiger partial charge on any atom is 0.217 e. The fourth-order valence-corrected chi connectivity index (χ4v) is 5.85. The second-order valence-electron chi connectivity index (χ2n) is 9.82. The Balaban J connectivity index is 1.72. The molecule has 0 radical (unpaired) electrons. The van der Waals surface area contributed by atoms with Gasteiger partial charge in [-0.05, 0) is 77.4 Å². The van der Waals surface area contributed by atoms with Crippen molar-refractivity contribution < 1.29 is 4.79 Å². The van der Waals surface area contributed by atoms with Crippen LogP contribution in [0.25, 0.3) is 0 Å². The van der Waals surface area contributed by atoms with Crippen molar-refractivity contribution in [2.75, 3.05) is 33.2 Å². The minimum Gasteiger partial charge on any atom is -0.352 e. The Morgan fingerprint density at radius 1 is 1.23 bits per heavy atom. The van der Waals surface area contributed by atoms with Crippen molar-refractivity contribution in [3.05, 3.63) is 11.1 Å². The summed E-state index contributed by atoms with van der Waals surface area (Å²) in [6.45, 7) is 13.4. The Labute approximate surface area is 160 Å². The van der Waals surface area contributed by atoms with Gasteiger partial charge in [0.15, 0.2) is 0 Å². The zero-order valence-electron chi connectivity index (χ0n) is 17.7. The minimum absolute atomic E-state index is 0.117. The molecule has 2 aliphatic heterocycles. The Morgan fingerprint density at radius 3 is 2.54 bits per heavy atom. The highest BCUT2D eigenvalue weighted by Gasteiger charge is 2.46. The first-order valence-corrected chi connectivity index (χ1v) is 10.6. The number of rotatable bonds is 4. The summed E-state index contributed by atoms with van der Waals surface area (Å²) in [5, 5.41) is 3.21. The first-order valence-electron chi connectivity index (χ1n) is 10.6. The van der Waals surface area contributed by atoms with Crippen LogP contribution in [0.2, 0.25) is 0 Å². The van der Waals surface area contributed by atoms with E-state index in [1.807, 2.05) is 0 Å². The Kier molecular flexibility index (Phi) is 5.83. The van der Waals surface area contributed by atoms with Gasteiger partial charge in [0.05, 0.1) is 0 Å². The number of hydrogen-bond donors (Lipinski definition) is 1. The molecule has 0 aromatic heterocycles. The average Bonchev–Trinajstić information content (AvgIpc) is 2.86. The maximum absolute atomic E-state index is 11.6. The molecule has 26 heavy (non-hydrogen) atoms. The van der Waals surface area contributed by atoms with Gasteiger partial charge >= 0.3 is 0 Å². The lowest BCUT2D eigenvalue weighted by atomic mass is 9.71. The summed E-state index contributed by atoms with van der Waals surface area (Å²) in [5.41, 5.74) is 4.00. The monoisotopic (exact) mass is 361 g/mol. The third-order valence-corrected chi connectivity index (χ3v) is 7.38. The largest absolute Gasteiger partial charge is 0.352 e. The molecule has 1 aliphatic carbocycles. The van der Waals surface area contributed by atoms with Crippen LogP contribution in [0.5, 0.6) is 0 Å². The third kappa shape index (κ3) is 4.17. The van der Waals surface area contributed by atoms with Crippen LogP contribution >= 0.6 is 0 Å². The molecule has 1 unspecified atom stereocenters. The molecule has 2 saturated heterocycles. The van der Waals surface area contributed by atoms with Crippen LogP contribution < -0.4 is 5.32 Å². The van der Waals surface area contributed by atoms with Crippen LogP contribution in [0, 0.1) is 5.41 Å². The summed E-state index contributed by atoms with van der Waals surface area (Å²) in [4.78, 5) is 16.8. The SMILES string of the molecule is CC(=O)NC1CN(CCC2=C(C)CCCC2(C)C)C2(CCN(C)CC2)C1. The lowest BCUT2D eigenvalue weighted by molar-refractivity contribution is -0.119. The number of carbonyl (C=O) groups excluding carboxylic acids is 1. The predicted octanol–water partition coefficient (Wildman–Crippen LogP) is 3.58. The number of allylic oxidation sites excluding steroid dienone is 1. The highest BCUT2D eigenvalue weighted by atomic mass is 16.1. The molecule has 0 bridgehead atoms. The van der Waals surface area contributed by atoms with Crippen LogP contribution in [-0.4, -0.2) is 60.5 Å². The van der Waals surface area contributed by atoms with Gasteiger partial charge in [-0.3, -0.25) is 9.69 Å². The number of piperidine rings is 1. The number of nitrogens with one attached hydrogen (secondary N) is 1. The normalized spacial score (nSPS) is 29.3. The number of likely N-dealkylation sites (tertiary alicyclic amines) is 2. The van der Waals surface area contributed by atoms with E-state index < -0.39 is 0 Å². The average molecular weight is 362 g/mol. The van der Waals surface area contributed by atoms with Gasteiger partial charge in [-0.15, -0.1) is 0 Å². The van der Waals surface area contributed by atoms with Crippen molar-refractivity contribution in [2.24, 2.45) is 5.41 Å². The molecule has 4 nitrogen and oxygen atoms in total. The van der Waals surface area contributed by atoms with Crippen LogP contribution in [0.3, 0.4) is 0 Å². The molecule has 3 rings (SSSR count). The molecule has 2 heterocycles. The molecule has 2 fully saturated rings. The van der Waals surface area contributed by atoms with E-state index >= 15 is 0 Å². The van der Waals surface area contributed by atoms with Crippen LogP contribution in [0.1, 0.15) is 72.6 Å². The Hall–Kier alpha value is -0.870. The van der Waals surface area contributed by atoms with E-state index in [-0.39, 0.29) is 5.91 Å². The van der Waals surface area contributed by atoms with E-state index in [2.05, 4.69) is 42.9 Å². The summed E-state index contributed by atoms with van der Waals surface area (Å²) in [7, 11) is 2.23. The number of nitrogens with zero attached hydrogens (tertiary/aromatic N) is 2. The van der Waals surface area contributed by atoms with Gasteiger partial charge in [-0.25, -0.2) is 0 Å². The Morgan fingerprint density at radius 2 is 1.92 bits per heavy atom. The standard InChI is InChI=1S/C22H39N3O/c1-17-7-6-9-21(3,4)20(17)8-12-25-16-19(23-18(2)26)15-22(25)10-13-24(5)14-11-22/h19H,6-16H2,1-5H3,(H,23,26). The fourth-order valence-electron chi connectivity index (χ4n) is 5.85. The molecular formula is C22H39N3O. The van der Waals surface area contributed by atoms with Crippen molar-refractivity contribution in [3.63, 3.8) is 0 Å². The molecule has 3 aliphatic rings. The minimum atomic E-state index is 0.117. The van der Waals surface area contributed by atoms with Crippen molar-refractivity contribution in [1.29, 1.82) is 0 Å². The lowest BCUT2D eigenvalue weighted by Gasteiger charge is -2.45. The summed E-state index contributed by atoms with van der Waals surface area (Å²) in [6.07, 6.45) is 8.74. The quantitative estimate of drug-likeness (QED) is 0.778. The van der Waals surface area contributed by atoms with Gasteiger partial charge < -0.3 is 10.2 Å². The smallest absolute Gasteiger partial charge is 0.217 e. The molecule has 4 heteroatoms. The molecule has 0 saturated carbocycles. The zero-order valence-corrected chi connectivity index (χ0v) is 17.7. The van der Waals surface area contributed by atoms with E-state index in [4.69, 9.17) is 0 Å². The van der Waals surface area contributed by atoms with Gasteiger partial charge in [0, 0.05) is 31.6 Å². The van der Waals surface area contributed by atoms with Gasteiger partial charge in [-0.1, -0.05) is 25.0 Å². The molecule has 1 atom stereocenters. The topological polar surface area (TPSA) is 35.6 Å². The van der Waals surface area contributed by atoms with E-state index in [1.54, 1.807) is 18.1 Å². The van der Waals surface area contributed by atoms with E-state index in [0.29, 0.717) is 17.0 Å². The van der Waals surface area contributed by atoms with Gasteiger partial charge in [0.1, 0.15) is 0 Å². The van der Waals surface area contributed by atoms with Crippen LogP contribution in [-0.2, 0) is 4.79 Å². The van der Waals surface area contributed by atoms with Gasteiger partial charge in [0.25, 0.3) is 0 Å². The second kappa shape index (κ2) is 7.63. The summed E-state index contributed by atoms with van der Waals surface area (Å²) < 4.78 is 0. The van der Waals surface area contributed by atoms with Crippen molar-refractivity contribution in [2.45, 2.75) is 84.2 Å². The van der Waals surface area contributed by atoms with Gasteiger partial charge in [0.2, 0.25) is 5.91 Å². The maximum atomic E-state index is 11.6. The second-order valence-corrected chi connectivity index (χ2v) is 9.82. The molecule has 1 amide bonds. The van der Waals surface area contributed by atoms with Crippen molar-refractivity contribution in [3.8, 4) is 0 Å². The van der Waals surface area contributed by atoms with E-state index in [1.165, 1.54) is 51.6 Å². The molecule has 0 aromatic carbocycles. The van der Waals surface area contributed by atoms with E-state index in [0.717, 1.165) is 19.5 Å². The molecule has 148 valence electrons. The van der Waals surface area contributed by atoms with Gasteiger partial charge in [-0.2, -0.15) is 0 Å². The van der Waals surface area contributed by atoms with Crippen LogP contribution in [0.15, 0.2) is 11.1 Å². The first kappa shape index (κ1) is 19.9. The fraction of sp³-hybridized carbons (Fsp3) is 0.864. The highest BCUT2D eigenvalue weighted by Crippen LogP contribution is 2.43. The Bertz CT molecular complexity index is 558. The summed E-state index contributed by atoms with van der Waals surface area (Å²) >= 11 is 0. The van der Waals surface area contributed by atoms with E-state index in [9.17, 15) is 4.79 Å². The zero-order chi connectivity index (χ0) is 18.9. The molecule has 0 aromatic rings. The lowest BCUT2D eigenvalue weighted by Crippen LogP contribution is -2.51. The van der Waals surface area contributed by atoms with Crippen molar-refractivity contribution in [1.82, 2.24) is 15.1 Å². The molecular weight excluding hydrogens is 322 g/mol. The number of hydrogen-bond acceptors (Lipinski definition) is 3. The molecule has 1 spiro atoms. The summed E-state index contributed by atoms with van der Waals surface area (Å²) in [6, 6.07) is 0.324. The predicted molar refractivity (Wildman–Crippen MR) is 108 cm³/mol. The summed E-state index contributed by atoms with van der Waals surface area (Å²) in [5.74, 6) is 0.117. The highest BCUT2D eigenvalue weighted by molar-refractivity contribution is 5.73. The number of carbonyl (C=O) groups is 1. The van der Waals surface area contributed by atoms with Crippen LogP contribution in [0.4, 0.5) is 0 Å². The molecule has 1 N–H and O–H groups in total.